The summed E-state index contributed by atoms with van der Waals surface area (Å²) in [5.74, 6) is -1.45. The van der Waals surface area contributed by atoms with Gasteiger partial charge in [-0.1, -0.05) is 12.1 Å². The number of nitrogens with one attached hydrogen (secondary N) is 3. The second-order valence-corrected chi connectivity index (χ2v) is 9.93. The molecule has 0 saturated heterocycles. The third kappa shape index (κ3) is 19.6. The Morgan fingerprint density at radius 3 is 1.53 bits per heavy atom. The van der Waals surface area contributed by atoms with E-state index in [9.17, 15) is 14.4 Å². The lowest BCUT2D eigenvalue weighted by atomic mass is 10.1. The third-order valence-electron chi connectivity index (χ3n) is 6.23. The van der Waals surface area contributed by atoms with Crippen LogP contribution in [0, 0.1) is 0 Å². The highest BCUT2D eigenvalue weighted by Crippen LogP contribution is 2.13. The number of ether oxygens (including phenoxy) is 7. The van der Waals surface area contributed by atoms with Gasteiger partial charge in [-0.3, -0.25) is 4.79 Å². The van der Waals surface area contributed by atoms with Gasteiger partial charge >= 0.3 is 12.0 Å². The van der Waals surface area contributed by atoms with Crippen molar-refractivity contribution in [3.05, 3.63) is 59.7 Å². The first kappa shape index (κ1) is 39.5. The molecule has 0 bridgehead atoms. The molecule has 2 aromatic rings. The minimum Gasteiger partial charge on any atom is -0.478 e. The molecule has 2 rings (SSSR count). The molecular weight excluding hydrogens is 616 g/mol. The van der Waals surface area contributed by atoms with Crippen LogP contribution in [0.4, 0.5) is 16.2 Å². The number of nitrogens with two attached hydrogens (primary N) is 1. The number of urea groups is 1. The quantitative estimate of drug-likeness (QED) is 0.0869. The third-order valence-corrected chi connectivity index (χ3v) is 6.23. The van der Waals surface area contributed by atoms with Crippen molar-refractivity contribution in [3.63, 3.8) is 0 Å². The standard InChI is InChI=1S/C32H48N4O11/c1-41-12-13-43-16-17-45-20-21-47-23-22-46-19-18-44-15-14-42-11-10-34-32(40)36-28-6-2-25(3-7-28)24-29(33)30(37)35-27-8-4-26(5-9-27)31(38)39/h2-9,29H,10-24,33H2,1H3,(H,35,37)(H,38,39)(H2,34,36,40)/t29-/m0/s1. The molecule has 2 aromatic carbocycles. The maximum Gasteiger partial charge on any atom is 0.335 e. The molecule has 0 radical (unpaired) electrons. The van der Waals surface area contributed by atoms with E-state index in [1.165, 1.54) is 24.3 Å². The Bertz CT molecular complexity index is 1140. The van der Waals surface area contributed by atoms with Crippen molar-refractivity contribution in [2.75, 3.05) is 110 Å². The Morgan fingerprint density at radius 1 is 0.638 bits per heavy atom. The monoisotopic (exact) mass is 664 g/mol. The average molecular weight is 665 g/mol. The minimum atomic E-state index is -1.05. The molecule has 3 amide bonds. The van der Waals surface area contributed by atoms with Crippen molar-refractivity contribution in [2.24, 2.45) is 5.73 Å². The van der Waals surface area contributed by atoms with Crippen molar-refractivity contribution < 1.29 is 52.6 Å². The largest absolute Gasteiger partial charge is 0.478 e. The number of methoxy groups -OCH3 is 1. The number of hydrogen-bond acceptors (Lipinski definition) is 11. The summed E-state index contributed by atoms with van der Waals surface area (Å²) in [5, 5.41) is 17.1. The van der Waals surface area contributed by atoms with Crippen LogP contribution in [0.3, 0.4) is 0 Å². The second-order valence-electron chi connectivity index (χ2n) is 9.93. The maximum atomic E-state index is 12.4. The van der Waals surface area contributed by atoms with E-state index in [0.717, 1.165) is 5.56 Å². The molecule has 0 aliphatic carbocycles. The SMILES string of the molecule is COCCOCCOCCOCCOCCOCCOCCNC(=O)Nc1ccc(C[C@H](N)C(=O)Nc2ccc(C(=O)O)cc2)cc1. The number of anilines is 2. The van der Waals surface area contributed by atoms with Crippen LogP contribution in [0.2, 0.25) is 0 Å². The highest BCUT2D eigenvalue weighted by atomic mass is 16.6. The van der Waals surface area contributed by atoms with E-state index in [0.29, 0.717) is 104 Å². The van der Waals surface area contributed by atoms with Crippen LogP contribution in [-0.4, -0.2) is 129 Å². The van der Waals surface area contributed by atoms with Crippen molar-refractivity contribution in [3.8, 4) is 0 Å². The summed E-state index contributed by atoms with van der Waals surface area (Å²) in [6.07, 6.45) is 0.277. The molecule has 0 aromatic heterocycles. The number of carbonyl (C=O) groups is 3. The fourth-order valence-electron chi connectivity index (χ4n) is 3.76. The predicted octanol–water partition coefficient (Wildman–Crippen LogP) is 1.76. The van der Waals surface area contributed by atoms with Crippen molar-refractivity contribution in [1.29, 1.82) is 0 Å². The van der Waals surface area contributed by atoms with Crippen LogP contribution in [0.1, 0.15) is 15.9 Å². The number of carboxylic acids is 1. The Labute approximate surface area is 275 Å². The molecule has 0 unspecified atom stereocenters. The van der Waals surface area contributed by atoms with Gasteiger partial charge in [0.05, 0.1) is 97.5 Å². The summed E-state index contributed by atoms with van der Waals surface area (Å²) in [5.41, 5.74) is 8.00. The Balaban J connectivity index is 1.41. The van der Waals surface area contributed by atoms with E-state index in [2.05, 4.69) is 16.0 Å². The van der Waals surface area contributed by atoms with Crippen molar-refractivity contribution in [2.45, 2.75) is 12.5 Å². The molecule has 15 heteroatoms. The molecule has 262 valence electrons. The topological polar surface area (TPSA) is 198 Å². The van der Waals surface area contributed by atoms with E-state index in [4.69, 9.17) is 44.0 Å². The van der Waals surface area contributed by atoms with Gasteiger partial charge in [0.25, 0.3) is 0 Å². The van der Waals surface area contributed by atoms with Crippen LogP contribution >= 0.6 is 0 Å². The van der Waals surface area contributed by atoms with Gasteiger partial charge in [0, 0.05) is 25.0 Å². The first-order valence-corrected chi connectivity index (χ1v) is 15.4. The van der Waals surface area contributed by atoms with Gasteiger partial charge in [-0.05, 0) is 48.4 Å². The molecule has 0 aliphatic rings. The van der Waals surface area contributed by atoms with Gasteiger partial charge in [-0.25, -0.2) is 9.59 Å². The zero-order chi connectivity index (χ0) is 34.0. The molecule has 15 nitrogen and oxygen atoms in total. The fraction of sp³-hybridized carbons (Fsp3) is 0.531. The fourth-order valence-corrected chi connectivity index (χ4v) is 3.76. The molecule has 6 N–H and O–H groups in total. The first-order valence-electron chi connectivity index (χ1n) is 15.4. The highest BCUT2D eigenvalue weighted by Gasteiger charge is 2.15. The summed E-state index contributed by atoms with van der Waals surface area (Å²) in [6.45, 7) is 6.50. The number of carbonyl (C=O) groups excluding carboxylic acids is 2. The maximum absolute atomic E-state index is 12.4. The van der Waals surface area contributed by atoms with Gasteiger partial charge in [-0.15, -0.1) is 0 Å². The van der Waals surface area contributed by atoms with Crippen LogP contribution in [-0.2, 0) is 44.4 Å². The summed E-state index contributed by atoms with van der Waals surface area (Å²) >= 11 is 0. The number of amides is 3. The molecule has 0 spiro atoms. The summed E-state index contributed by atoms with van der Waals surface area (Å²) in [6, 6.07) is 11.6. The van der Waals surface area contributed by atoms with E-state index in [1.807, 2.05) is 0 Å². The molecule has 0 aliphatic heterocycles. The van der Waals surface area contributed by atoms with E-state index in [1.54, 1.807) is 31.4 Å². The average Bonchev–Trinajstić information content (AvgIpc) is 3.06. The van der Waals surface area contributed by atoms with Gasteiger partial charge in [-0.2, -0.15) is 0 Å². The normalized spacial score (nSPS) is 11.6. The van der Waals surface area contributed by atoms with Gasteiger partial charge in [0.15, 0.2) is 0 Å². The van der Waals surface area contributed by atoms with Crippen LogP contribution in [0.5, 0.6) is 0 Å². The summed E-state index contributed by atoms with van der Waals surface area (Å²) < 4.78 is 37.3. The zero-order valence-electron chi connectivity index (χ0n) is 26.9. The van der Waals surface area contributed by atoms with E-state index >= 15 is 0 Å². The van der Waals surface area contributed by atoms with Crippen molar-refractivity contribution in [1.82, 2.24) is 5.32 Å². The number of benzene rings is 2. The zero-order valence-corrected chi connectivity index (χ0v) is 26.9. The highest BCUT2D eigenvalue weighted by molar-refractivity contribution is 5.95. The van der Waals surface area contributed by atoms with Crippen molar-refractivity contribution >= 4 is 29.3 Å². The van der Waals surface area contributed by atoms with Crippen LogP contribution in [0.25, 0.3) is 0 Å². The summed E-state index contributed by atoms with van der Waals surface area (Å²) in [4.78, 5) is 35.5. The number of rotatable bonds is 27. The van der Waals surface area contributed by atoms with Crippen LogP contribution < -0.4 is 21.7 Å². The first-order chi connectivity index (χ1) is 22.9. The lowest BCUT2D eigenvalue weighted by molar-refractivity contribution is -0.117. The molecule has 0 heterocycles. The summed E-state index contributed by atoms with van der Waals surface area (Å²) in [7, 11) is 1.63. The number of hydrogen-bond donors (Lipinski definition) is 5. The van der Waals surface area contributed by atoms with Gasteiger partial charge in [0.1, 0.15) is 0 Å². The smallest absolute Gasteiger partial charge is 0.335 e. The van der Waals surface area contributed by atoms with E-state index < -0.39 is 17.9 Å². The Kier molecular flexibility index (Phi) is 21.4. The lowest BCUT2D eigenvalue weighted by Gasteiger charge is -2.13. The van der Waals surface area contributed by atoms with E-state index in [-0.39, 0.29) is 18.0 Å². The number of aromatic carboxylic acids is 1. The molecule has 0 saturated carbocycles. The van der Waals surface area contributed by atoms with Gasteiger partial charge < -0.3 is 59.9 Å². The molecular formula is C32H48N4O11. The minimum absolute atomic E-state index is 0.122. The van der Waals surface area contributed by atoms with Gasteiger partial charge in [0.2, 0.25) is 5.91 Å². The molecule has 47 heavy (non-hydrogen) atoms. The lowest BCUT2D eigenvalue weighted by Crippen LogP contribution is -2.37. The predicted molar refractivity (Wildman–Crippen MR) is 174 cm³/mol. The molecule has 0 fully saturated rings. The number of carboxylic acid groups (broad SMARTS) is 1. The second kappa shape index (κ2) is 25.4. The Hall–Kier alpha value is -3.67. The molecule has 1 atom stereocenters. The van der Waals surface area contributed by atoms with Crippen LogP contribution in [0.15, 0.2) is 48.5 Å². The Morgan fingerprint density at radius 2 is 1.06 bits per heavy atom.